The largest absolute Gasteiger partial charge is 0.457 e. The lowest BCUT2D eigenvalue weighted by molar-refractivity contribution is 0.0472. The number of rotatable bonds is 11. The predicted molar refractivity (Wildman–Crippen MR) is 148 cm³/mol. The van der Waals surface area contributed by atoms with Crippen molar-refractivity contribution in [3.8, 4) is 5.69 Å². The molecular formula is C30H26F2N6O2. The highest BCUT2D eigenvalue weighted by Gasteiger charge is 2.12. The van der Waals surface area contributed by atoms with Crippen molar-refractivity contribution in [2.24, 2.45) is 0 Å². The molecule has 0 saturated heterocycles. The molecule has 5 aromatic rings. The second-order valence-electron chi connectivity index (χ2n) is 8.91. The molecule has 0 amide bonds. The molecule has 0 aliphatic heterocycles. The molecule has 0 aliphatic carbocycles. The van der Waals surface area contributed by atoms with Gasteiger partial charge in [0.15, 0.2) is 0 Å². The molecule has 2 aromatic heterocycles. The van der Waals surface area contributed by atoms with Crippen molar-refractivity contribution in [2.45, 2.75) is 19.6 Å². The van der Waals surface area contributed by atoms with Crippen LogP contribution in [0.15, 0.2) is 97.3 Å². The van der Waals surface area contributed by atoms with Crippen LogP contribution < -0.4 is 10.6 Å². The Morgan fingerprint density at radius 2 is 1.80 bits per heavy atom. The van der Waals surface area contributed by atoms with Crippen molar-refractivity contribution in [1.82, 2.24) is 20.0 Å². The highest BCUT2D eigenvalue weighted by Crippen LogP contribution is 2.24. The van der Waals surface area contributed by atoms with Crippen molar-refractivity contribution in [1.29, 1.82) is 0 Å². The summed E-state index contributed by atoms with van der Waals surface area (Å²) in [5.74, 6) is -1.06. The Kier molecular flexibility index (Phi) is 8.35. The molecular weight excluding hydrogens is 514 g/mol. The Bertz CT molecular complexity index is 1590. The number of hydrogen-bond donors (Lipinski definition) is 2. The van der Waals surface area contributed by atoms with E-state index in [4.69, 9.17) is 4.74 Å². The van der Waals surface area contributed by atoms with E-state index in [2.05, 4.69) is 25.9 Å². The first kappa shape index (κ1) is 26.5. The fraction of sp³-hybridized carbons (Fsp3) is 0.133. The zero-order valence-electron chi connectivity index (χ0n) is 21.4. The van der Waals surface area contributed by atoms with Crippen LogP contribution in [0.3, 0.4) is 0 Å². The molecule has 8 nitrogen and oxygen atoms in total. The molecule has 0 aliphatic rings. The van der Waals surface area contributed by atoms with Crippen LogP contribution in [0, 0.1) is 5.82 Å². The molecule has 40 heavy (non-hydrogen) atoms. The quantitative estimate of drug-likeness (QED) is 0.198. The standard InChI is InChI=1S/C30H26F2N6O2/c31-13-11-23-16-24(12-14-33-23)34-18-26-19-38(37-36-26)27-8-4-7-25(17-27)35-29-15-22(9-10-28(29)32)30(39)40-20-21-5-2-1-3-6-21/h1-10,12,14-17,19,35H,11,13,18,20H2,(H,33,34). The van der Waals surface area contributed by atoms with Gasteiger partial charge in [-0.3, -0.25) is 9.37 Å². The number of hydrogen-bond acceptors (Lipinski definition) is 7. The van der Waals surface area contributed by atoms with Gasteiger partial charge in [-0.05, 0) is 54.1 Å². The molecule has 3 aromatic carbocycles. The monoisotopic (exact) mass is 540 g/mol. The summed E-state index contributed by atoms with van der Waals surface area (Å²) in [4.78, 5) is 16.7. The zero-order chi connectivity index (χ0) is 27.7. The second-order valence-corrected chi connectivity index (χ2v) is 8.91. The predicted octanol–water partition coefficient (Wildman–Crippen LogP) is 6.03. The number of halogens is 2. The van der Waals surface area contributed by atoms with E-state index in [-0.39, 0.29) is 24.3 Å². The first-order valence-corrected chi connectivity index (χ1v) is 12.6. The topological polar surface area (TPSA) is 94.0 Å². The van der Waals surface area contributed by atoms with Gasteiger partial charge in [0, 0.05) is 29.7 Å². The van der Waals surface area contributed by atoms with Gasteiger partial charge in [0.05, 0.1) is 36.4 Å². The van der Waals surface area contributed by atoms with Crippen LogP contribution in [0.1, 0.15) is 27.3 Å². The van der Waals surface area contributed by atoms with Gasteiger partial charge in [0.2, 0.25) is 0 Å². The Balaban J connectivity index is 1.23. The minimum absolute atomic E-state index is 0.125. The average Bonchev–Trinajstić information content (AvgIpc) is 3.46. The van der Waals surface area contributed by atoms with E-state index in [9.17, 15) is 13.6 Å². The zero-order valence-corrected chi connectivity index (χ0v) is 21.4. The number of aromatic nitrogens is 4. The molecule has 0 spiro atoms. The molecule has 0 atom stereocenters. The van der Waals surface area contributed by atoms with Crippen molar-refractivity contribution in [2.75, 3.05) is 17.3 Å². The third kappa shape index (κ3) is 6.84. The maximum atomic E-state index is 14.6. The summed E-state index contributed by atoms with van der Waals surface area (Å²) in [5.41, 5.74) is 4.71. The summed E-state index contributed by atoms with van der Waals surface area (Å²) < 4.78 is 34.2. The van der Waals surface area contributed by atoms with Crippen LogP contribution in [0.5, 0.6) is 0 Å². The van der Waals surface area contributed by atoms with Gasteiger partial charge in [0.25, 0.3) is 0 Å². The van der Waals surface area contributed by atoms with Gasteiger partial charge in [-0.25, -0.2) is 13.9 Å². The van der Waals surface area contributed by atoms with Gasteiger partial charge in [0.1, 0.15) is 18.1 Å². The number of nitrogens with zero attached hydrogens (tertiary/aromatic N) is 4. The van der Waals surface area contributed by atoms with Gasteiger partial charge < -0.3 is 15.4 Å². The van der Waals surface area contributed by atoms with Crippen LogP contribution >= 0.6 is 0 Å². The Labute approximate surface area is 229 Å². The first-order chi connectivity index (χ1) is 19.6. The average molecular weight is 541 g/mol. The summed E-state index contributed by atoms with van der Waals surface area (Å²) in [6, 6.07) is 24.2. The van der Waals surface area contributed by atoms with Crippen LogP contribution in [0.4, 0.5) is 25.8 Å². The number of carbonyl (C=O) groups excluding carboxylic acids is 1. The number of nitrogens with one attached hydrogen (secondary N) is 2. The number of carbonyl (C=O) groups is 1. The van der Waals surface area contributed by atoms with E-state index in [0.29, 0.717) is 29.3 Å². The van der Waals surface area contributed by atoms with E-state index >= 15 is 0 Å². The van der Waals surface area contributed by atoms with Crippen molar-refractivity contribution in [3.05, 3.63) is 126 Å². The summed E-state index contributed by atoms with van der Waals surface area (Å²) in [6.45, 7) is 0.0769. The van der Waals surface area contributed by atoms with Gasteiger partial charge in [-0.15, -0.1) is 5.10 Å². The highest BCUT2D eigenvalue weighted by molar-refractivity contribution is 5.90. The Hall–Kier alpha value is -5.12. The third-order valence-corrected chi connectivity index (χ3v) is 5.99. The minimum Gasteiger partial charge on any atom is -0.457 e. The lowest BCUT2D eigenvalue weighted by atomic mass is 10.1. The smallest absolute Gasteiger partial charge is 0.338 e. The fourth-order valence-electron chi connectivity index (χ4n) is 3.96. The molecule has 0 radical (unpaired) electrons. The second kappa shape index (κ2) is 12.6. The van der Waals surface area contributed by atoms with Crippen molar-refractivity contribution >= 4 is 23.0 Å². The van der Waals surface area contributed by atoms with E-state index < -0.39 is 18.5 Å². The lowest BCUT2D eigenvalue weighted by Gasteiger charge is -2.11. The Morgan fingerprint density at radius 3 is 2.65 bits per heavy atom. The number of anilines is 3. The molecule has 0 unspecified atom stereocenters. The van der Waals surface area contributed by atoms with Crippen LogP contribution in [-0.4, -0.2) is 32.6 Å². The molecule has 5 rings (SSSR count). The first-order valence-electron chi connectivity index (χ1n) is 12.6. The number of benzene rings is 3. The molecule has 10 heteroatoms. The summed E-state index contributed by atoms with van der Waals surface area (Å²) in [5, 5.41) is 14.7. The molecule has 202 valence electrons. The molecule has 2 N–H and O–H groups in total. The maximum absolute atomic E-state index is 14.6. The van der Waals surface area contributed by atoms with E-state index in [1.807, 2.05) is 36.4 Å². The number of alkyl halides is 1. The SMILES string of the molecule is O=C(OCc1ccccc1)c1ccc(F)c(Nc2cccc(-n3cc(CNc4ccnc(CCF)c4)nn3)c2)c1. The summed E-state index contributed by atoms with van der Waals surface area (Å²) in [7, 11) is 0. The Morgan fingerprint density at radius 1 is 0.925 bits per heavy atom. The van der Waals surface area contributed by atoms with E-state index in [1.54, 1.807) is 47.4 Å². The van der Waals surface area contributed by atoms with Crippen LogP contribution in [0.25, 0.3) is 5.69 Å². The van der Waals surface area contributed by atoms with Crippen molar-refractivity contribution in [3.63, 3.8) is 0 Å². The van der Waals surface area contributed by atoms with Gasteiger partial charge >= 0.3 is 5.97 Å². The highest BCUT2D eigenvalue weighted by atomic mass is 19.1. The van der Waals surface area contributed by atoms with E-state index in [0.717, 1.165) is 11.3 Å². The minimum atomic E-state index is -0.546. The third-order valence-electron chi connectivity index (χ3n) is 5.99. The van der Waals surface area contributed by atoms with Crippen LogP contribution in [-0.2, 0) is 24.3 Å². The fourth-order valence-corrected chi connectivity index (χ4v) is 3.96. The van der Waals surface area contributed by atoms with Crippen molar-refractivity contribution < 1.29 is 18.3 Å². The van der Waals surface area contributed by atoms with E-state index in [1.165, 1.54) is 18.2 Å². The molecule has 0 fully saturated rings. The molecule has 2 heterocycles. The number of ether oxygens (including phenoxy) is 1. The summed E-state index contributed by atoms with van der Waals surface area (Å²) >= 11 is 0. The van der Waals surface area contributed by atoms with Crippen LogP contribution in [0.2, 0.25) is 0 Å². The number of aryl methyl sites for hydroxylation is 1. The molecule has 0 saturated carbocycles. The summed E-state index contributed by atoms with van der Waals surface area (Å²) in [6.07, 6.45) is 3.68. The van der Waals surface area contributed by atoms with Gasteiger partial charge in [-0.1, -0.05) is 41.6 Å². The number of esters is 1. The normalized spacial score (nSPS) is 10.8. The maximum Gasteiger partial charge on any atom is 0.338 e. The van der Waals surface area contributed by atoms with Gasteiger partial charge in [-0.2, -0.15) is 0 Å². The molecule has 0 bridgehead atoms. The number of pyridine rings is 1. The lowest BCUT2D eigenvalue weighted by Crippen LogP contribution is -2.06.